The Balaban J connectivity index is 2.15. The number of hydrogen-bond acceptors (Lipinski definition) is 5. The Hall–Kier alpha value is -1.80. The molecule has 0 amide bonds. The van der Waals surface area contributed by atoms with E-state index >= 15 is 0 Å². The van der Waals surface area contributed by atoms with E-state index in [-0.39, 0.29) is 11.4 Å². The molecule has 8 heteroatoms. The van der Waals surface area contributed by atoms with Crippen molar-refractivity contribution in [2.45, 2.75) is 11.8 Å². The van der Waals surface area contributed by atoms with Gasteiger partial charge in [0.05, 0.1) is 10.8 Å². The monoisotopic (exact) mass is 301 g/mol. The molecule has 0 radical (unpaired) electrons. The second-order valence-corrected chi connectivity index (χ2v) is 6.16. The van der Waals surface area contributed by atoms with Gasteiger partial charge in [0.2, 0.25) is 10.0 Å². The highest BCUT2D eigenvalue weighted by molar-refractivity contribution is 7.89. The molecule has 0 saturated heterocycles. The predicted molar refractivity (Wildman–Crippen MR) is 69.4 cm³/mol. The van der Waals surface area contributed by atoms with E-state index in [0.29, 0.717) is 24.7 Å². The molecule has 0 aromatic heterocycles. The lowest BCUT2D eigenvalue weighted by molar-refractivity contribution is -0.140. The summed E-state index contributed by atoms with van der Waals surface area (Å²) in [6.45, 7) is 2.04. The lowest BCUT2D eigenvalue weighted by Crippen LogP contribution is -2.31. The Morgan fingerprint density at radius 2 is 2.00 bits per heavy atom. The maximum atomic E-state index is 12.0. The lowest BCUT2D eigenvalue weighted by Gasteiger charge is -2.19. The molecule has 110 valence electrons. The Kier molecular flexibility index (Phi) is 4.15. The van der Waals surface area contributed by atoms with Crippen LogP contribution in [-0.2, 0) is 14.8 Å². The molecule has 0 saturated carbocycles. The van der Waals surface area contributed by atoms with Crippen molar-refractivity contribution in [1.82, 2.24) is 4.72 Å². The summed E-state index contributed by atoms with van der Waals surface area (Å²) in [5.74, 6) is -1.00. The van der Waals surface area contributed by atoms with Gasteiger partial charge in [-0.2, -0.15) is 0 Å². The Morgan fingerprint density at radius 3 is 2.65 bits per heavy atom. The normalized spacial score (nSPS) is 15.7. The van der Waals surface area contributed by atoms with Crippen LogP contribution in [0.4, 0.5) is 0 Å². The Bertz CT molecular complexity index is 612. The molecule has 2 rings (SSSR count). The molecule has 1 aromatic carbocycles. The van der Waals surface area contributed by atoms with Crippen LogP contribution in [0.25, 0.3) is 0 Å². The summed E-state index contributed by atoms with van der Waals surface area (Å²) in [6, 6.07) is 4.27. The second kappa shape index (κ2) is 5.68. The summed E-state index contributed by atoms with van der Waals surface area (Å²) in [7, 11) is -3.77. The minimum atomic E-state index is -3.77. The van der Waals surface area contributed by atoms with Gasteiger partial charge < -0.3 is 14.6 Å². The maximum Gasteiger partial charge on any atom is 0.307 e. The van der Waals surface area contributed by atoms with Crippen LogP contribution in [0.3, 0.4) is 0 Å². The zero-order valence-corrected chi connectivity index (χ0v) is 11.6. The molecular formula is C12H15NO6S. The largest absolute Gasteiger partial charge is 0.486 e. The average molecular weight is 301 g/mol. The standard InChI is InChI=1S/C12H15NO6S/c1-8(12(14)15)7-13-20(16,17)9-2-3-10-11(6-9)19-5-4-18-10/h2-3,6,8,13H,4-5,7H2,1H3,(H,14,15). The fraction of sp³-hybridized carbons (Fsp3) is 0.417. The second-order valence-electron chi connectivity index (χ2n) is 4.40. The molecule has 1 aliphatic heterocycles. The maximum absolute atomic E-state index is 12.0. The number of rotatable bonds is 5. The number of carboxylic acid groups (broad SMARTS) is 1. The molecule has 0 aliphatic carbocycles. The van der Waals surface area contributed by atoms with Crippen molar-refractivity contribution in [3.05, 3.63) is 18.2 Å². The number of sulfonamides is 1. The van der Waals surface area contributed by atoms with Crippen molar-refractivity contribution in [2.75, 3.05) is 19.8 Å². The zero-order valence-electron chi connectivity index (χ0n) is 10.8. The number of benzene rings is 1. The summed E-state index contributed by atoms with van der Waals surface area (Å²) < 4.78 is 37.0. The number of carbonyl (C=O) groups is 1. The van der Waals surface area contributed by atoms with E-state index in [9.17, 15) is 13.2 Å². The van der Waals surface area contributed by atoms with E-state index in [4.69, 9.17) is 14.6 Å². The fourth-order valence-corrected chi connectivity index (χ4v) is 2.74. The number of nitrogens with one attached hydrogen (secondary N) is 1. The van der Waals surface area contributed by atoms with Gasteiger partial charge in [-0.25, -0.2) is 13.1 Å². The van der Waals surface area contributed by atoms with Crippen LogP contribution in [0.2, 0.25) is 0 Å². The molecule has 1 atom stereocenters. The van der Waals surface area contributed by atoms with Crippen LogP contribution in [0.5, 0.6) is 11.5 Å². The van der Waals surface area contributed by atoms with Crippen molar-refractivity contribution in [3.63, 3.8) is 0 Å². The van der Waals surface area contributed by atoms with E-state index in [2.05, 4.69) is 4.72 Å². The van der Waals surface area contributed by atoms with Crippen molar-refractivity contribution in [3.8, 4) is 11.5 Å². The smallest absolute Gasteiger partial charge is 0.307 e. The van der Waals surface area contributed by atoms with Gasteiger partial charge in [0, 0.05) is 12.6 Å². The molecule has 20 heavy (non-hydrogen) atoms. The van der Waals surface area contributed by atoms with Gasteiger partial charge in [-0.1, -0.05) is 6.92 Å². The third kappa shape index (κ3) is 3.20. The average Bonchev–Trinajstić information content (AvgIpc) is 2.44. The summed E-state index contributed by atoms with van der Waals surface area (Å²) in [4.78, 5) is 10.7. The lowest BCUT2D eigenvalue weighted by atomic mass is 10.2. The van der Waals surface area contributed by atoms with Crippen LogP contribution >= 0.6 is 0 Å². The van der Waals surface area contributed by atoms with Gasteiger partial charge in [0.15, 0.2) is 11.5 Å². The summed E-state index contributed by atoms with van der Waals surface area (Å²) >= 11 is 0. The molecule has 1 aliphatic rings. The van der Waals surface area contributed by atoms with E-state index in [1.54, 1.807) is 0 Å². The highest BCUT2D eigenvalue weighted by Crippen LogP contribution is 2.32. The predicted octanol–water partition coefficient (Wildman–Crippen LogP) is 0.457. The van der Waals surface area contributed by atoms with Gasteiger partial charge in [-0.05, 0) is 12.1 Å². The van der Waals surface area contributed by atoms with E-state index < -0.39 is 21.9 Å². The van der Waals surface area contributed by atoms with Crippen molar-refractivity contribution in [1.29, 1.82) is 0 Å². The van der Waals surface area contributed by atoms with E-state index in [0.717, 1.165) is 0 Å². The third-order valence-electron chi connectivity index (χ3n) is 2.83. The van der Waals surface area contributed by atoms with Gasteiger partial charge in [-0.3, -0.25) is 4.79 Å². The third-order valence-corrected chi connectivity index (χ3v) is 4.25. The molecule has 0 fully saturated rings. The van der Waals surface area contributed by atoms with Crippen LogP contribution in [0.15, 0.2) is 23.1 Å². The van der Waals surface area contributed by atoms with Crippen LogP contribution < -0.4 is 14.2 Å². The molecule has 1 heterocycles. The molecule has 7 nitrogen and oxygen atoms in total. The van der Waals surface area contributed by atoms with Gasteiger partial charge in [0.1, 0.15) is 13.2 Å². The number of carboxylic acids is 1. The van der Waals surface area contributed by atoms with Gasteiger partial charge >= 0.3 is 5.97 Å². The Labute approximate surface area is 116 Å². The minimum Gasteiger partial charge on any atom is -0.486 e. The van der Waals surface area contributed by atoms with Gasteiger partial charge in [-0.15, -0.1) is 0 Å². The van der Waals surface area contributed by atoms with Crippen LogP contribution in [-0.4, -0.2) is 39.3 Å². The number of hydrogen-bond donors (Lipinski definition) is 2. The van der Waals surface area contributed by atoms with Crippen molar-refractivity contribution >= 4 is 16.0 Å². The molecule has 1 unspecified atom stereocenters. The first-order valence-corrected chi connectivity index (χ1v) is 7.50. The first-order chi connectivity index (χ1) is 9.40. The Morgan fingerprint density at radius 1 is 1.35 bits per heavy atom. The first kappa shape index (κ1) is 14.6. The van der Waals surface area contributed by atoms with E-state index in [1.165, 1.54) is 25.1 Å². The summed E-state index contributed by atoms with van der Waals surface area (Å²) in [5, 5.41) is 8.74. The molecule has 0 bridgehead atoms. The number of ether oxygens (including phenoxy) is 2. The fourth-order valence-electron chi connectivity index (χ4n) is 1.60. The zero-order chi connectivity index (χ0) is 14.8. The topological polar surface area (TPSA) is 102 Å². The quantitative estimate of drug-likeness (QED) is 0.819. The number of aliphatic carboxylic acids is 1. The SMILES string of the molecule is CC(CNS(=O)(=O)c1ccc2c(c1)OCCO2)C(=O)O. The van der Waals surface area contributed by atoms with Crippen molar-refractivity contribution < 1.29 is 27.8 Å². The highest BCUT2D eigenvalue weighted by Gasteiger charge is 2.21. The van der Waals surface area contributed by atoms with Crippen molar-refractivity contribution in [2.24, 2.45) is 5.92 Å². The van der Waals surface area contributed by atoms with Gasteiger partial charge in [0.25, 0.3) is 0 Å². The minimum absolute atomic E-state index is 0.0133. The molecule has 0 spiro atoms. The summed E-state index contributed by atoms with van der Waals surface area (Å²) in [6.07, 6.45) is 0. The summed E-state index contributed by atoms with van der Waals surface area (Å²) in [5.41, 5.74) is 0. The highest BCUT2D eigenvalue weighted by atomic mass is 32.2. The van der Waals surface area contributed by atoms with E-state index in [1.807, 2.05) is 0 Å². The number of fused-ring (bicyclic) bond motifs is 1. The molecular weight excluding hydrogens is 286 g/mol. The molecule has 1 aromatic rings. The van der Waals surface area contributed by atoms with Crippen LogP contribution in [0, 0.1) is 5.92 Å². The van der Waals surface area contributed by atoms with Crippen LogP contribution in [0.1, 0.15) is 6.92 Å². The first-order valence-electron chi connectivity index (χ1n) is 6.02. The molecule has 2 N–H and O–H groups in total.